The van der Waals surface area contributed by atoms with Gasteiger partial charge < -0.3 is 10.5 Å². The summed E-state index contributed by atoms with van der Waals surface area (Å²) in [4.78, 5) is 10.2. The fraction of sp³-hybridized carbons (Fsp3) is 0.118. The minimum atomic E-state index is -4.59. The average molecular weight is 421 g/mol. The third-order valence-electron chi connectivity index (χ3n) is 3.61. The van der Waals surface area contributed by atoms with Gasteiger partial charge in [-0.25, -0.2) is 30.4 Å². The molecule has 0 aliphatic rings. The van der Waals surface area contributed by atoms with Crippen LogP contribution in [-0.4, -0.2) is 21.4 Å². The number of rotatable bonds is 6. The van der Waals surface area contributed by atoms with Gasteiger partial charge in [0, 0.05) is 0 Å². The molecule has 2 aromatic rings. The van der Waals surface area contributed by atoms with Crippen molar-refractivity contribution in [2.45, 2.75) is 5.75 Å². The van der Waals surface area contributed by atoms with Gasteiger partial charge in [0.2, 0.25) is 5.82 Å². The number of primary amides is 1. The van der Waals surface area contributed by atoms with E-state index < -0.39 is 61.1 Å². The molecule has 0 aliphatic carbocycles. The molecule has 5 nitrogen and oxygen atoms in total. The van der Waals surface area contributed by atoms with Crippen LogP contribution in [0.25, 0.3) is 6.08 Å². The summed E-state index contributed by atoms with van der Waals surface area (Å²) >= 11 is 0. The zero-order chi connectivity index (χ0) is 21.2. The number of methoxy groups -OCH3 is 1. The van der Waals surface area contributed by atoms with Gasteiger partial charge in [-0.1, -0.05) is 12.1 Å². The topological polar surface area (TPSA) is 86.5 Å². The molecule has 0 unspecified atom stereocenters. The van der Waals surface area contributed by atoms with E-state index in [9.17, 15) is 35.2 Å². The number of nitrogens with two attached hydrogens (primary N) is 1. The van der Waals surface area contributed by atoms with E-state index in [1.54, 1.807) is 0 Å². The molecule has 11 heteroatoms. The van der Waals surface area contributed by atoms with E-state index in [1.807, 2.05) is 0 Å². The van der Waals surface area contributed by atoms with E-state index in [1.165, 1.54) is 31.4 Å². The summed E-state index contributed by atoms with van der Waals surface area (Å²) in [5.74, 6) is -13.6. The van der Waals surface area contributed by atoms with E-state index in [2.05, 4.69) is 0 Å². The summed E-state index contributed by atoms with van der Waals surface area (Å²) in [6.45, 7) is 0. The molecule has 2 rings (SSSR count). The molecule has 28 heavy (non-hydrogen) atoms. The van der Waals surface area contributed by atoms with Gasteiger partial charge in [-0.05, 0) is 23.8 Å². The summed E-state index contributed by atoms with van der Waals surface area (Å²) in [5.41, 5.74) is 3.53. The van der Waals surface area contributed by atoms with Crippen molar-refractivity contribution >= 4 is 21.8 Å². The SMILES string of the molecule is COc1ccc(CS(=O)(=O)/C(=C\c2c(F)c(F)c(F)c(F)c2F)C(N)=O)cc1. The van der Waals surface area contributed by atoms with Gasteiger partial charge >= 0.3 is 0 Å². The monoisotopic (exact) mass is 421 g/mol. The van der Waals surface area contributed by atoms with Crippen LogP contribution in [0.15, 0.2) is 29.2 Å². The van der Waals surface area contributed by atoms with E-state index in [0.717, 1.165) is 0 Å². The summed E-state index contributed by atoms with van der Waals surface area (Å²) in [7, 11) is -3.21. The molecule has 0 atom stereocenters. The average Bonchev–Trinajstić information content (AvgIpc) is 2.64. The van der Waals surface area contributed by atoms with Crippen LogP contribution in [0.2, 0.25) is 0 Å². The lowest BCUT2D eigenvalue weighted by molar-refractivity contribution is -0.113. The lowest BCUT2D eigenvalue weighted by Gasteiger charge is -2.09. The van der Waals surface area contributed by atoms with Crippen LogP contribution in [-0.2, 0) is 20.4 Å². The van der Waals surface area contributed by atoms with Crippen LogP contribution >= 0.6 is 0 Å². The quantitative estimate of drug-likeness (QED) is 0.336. The fourth-order valence-electron chi connectivity index (χ4n) is 2.21. The lowest BCUT2D eigenvalue weighted by atomic mass is 10.1. The largest absolute Gasteiger partial charge is 0.497 e. The summed E-state index contributed by atoms with van der Waals surface area (Å²) in [5, 5.41) is 0. The van der Waals surface area contributed by atoms with Gasteiger partial charge in [-0.3, -0.25) is 4.79 Å². The molecule has 0 bridgehead atoms. The molecule has 0 spiro atoms. The highest BCUT2D eigenvalue weighted by Crippen LogP contribution is 2.27. The van der Waals surface area contributed by atoms with Gasteiger partial charge in [0.05, 0.1) is 18.4 Å². The van der Waals surface area contributed by atoms with Crippen molar-refractivity contribution in [3.8, 4) is 5.75 Å². The first-order chi connectivity index (χ1) is 13.0. The van der Waals surface area contributed by atoms with Crippen LogP contribution in [0.5, 0.6) is 5.75 Å². The van der Waals surface area contributed by atoms with Gasteiger partial charge in [0.15, 0.2) is 33.1 Å². The maximum Gasteiger partial charge on any atom is 0.260 e. The normalized spacial score (nSPS) is 12.1. The molecule has 0 saturated carbocycles. The minimum Gasteiger partial charge on any atom is -0.497 e. The molecule has 0 aliphatic heterocycles. The highest BCUT2D eigenvalue weighted by atomic mass is 32.2. The molecule has 0 saturated heterocycles. The number of sulfone groups is 1. The second-order valence-electron chi connectivity index (χ2n) is 5.46. The maximum absolute atomic E-state index is 13.8. The number of hydrogen-bond donors (Lipinski definition) is 1. The van der Waals surface area contributed by atoms with Gasteiger partial charge in [-0.15, -0.1) is 0 Å². The number of carbonyl (C=O) groups is 1. The number of carbonyl (C=O) groups excluding carboxylic acids is 1. The number of benzene rings is 2. The predicted octanol–water partition coefficient (Wildman–Crippen LogP) is 2.83. The van der Waals surface area contributed by atoms with Crippen LogP contribution in [0.4, 0.5) is 22.0 Å². The number of amides is 1. The van der Waals surface area contributed by atoms with Gasteiger partial charge in [0.1, 0.15) is 10.7 Å². The molecular formula is C17H12F5NO4S. The van der Waals surface area contributed by atoms with E-state index >= 15 is 0 Å². The smallest absolute Gasteiger partial charge is 0.260 e. The third-order valence-corrected chi connectivity index (χ3v) is 5.32. The van der Waals surface area contributed by atoms with Crippen LogP contribution in [0.3, 0.4) is 0 Å². The second kappa shape index (κ2) is 7.97. The summed E-state index contributed by atoms with van der Waals surface area (Å²) in [6, 6.07) is 5.52. The highest BCUT2D eigenvalue weighted by Gasteiger charge is 2.29. The second-order valence-corrected chi connectivity index (χ2v) is 7.42. The molecule has 0 radical (unpaired) electrons. The Kier molecular flexibility index (Phi) is 6.07. The zero-order valence-electron chi connectivity index (χ0n) is 14.1. The van der Waals surface area contributed by atoms with Crippen LogP contribution in [0, 0.1) is 29.1 Å². The highest BCUT2D eigenvalue weighted by molar-refractivity contribution is 7.95. The Morgan fingerprint density at radius 3 is 1.86 bits per heavy atom. The maximum atomic E-state index is 13.8. The molecule has 2 aromatic carbocycles. The molecule has 2 N–H and O–H groups in total. The Balaban J connectivity index is 2.57. The Morgan fingerprint density at radius 1 is 0.964 bits per heavy atom. The number of ether oxygens (including phenoxy) is 1. The Labute approximate surface area is 156 Å². The Bertz CT molecular complexity index is 1040. The van der Waals surface area contributed by atoms with Crippen molar-refractivity contribution in [1.82, 2.24) is 0 Å². The van der Waals surface area contributed by atoms with Crippen LogP contribution < -0.4 is 10.5 Å². The molecule has 0 heterocycles. The van der Waals surface area contributed by atoms with Gasteiger partial charge in [-0.2, -0.15) is 0 Å². The van der Waals surface area contributed by atoms with E-state index in [-0.39, 0.29) is 11.6 Å². The zero-order valence-corrected chi connectivity index (χ0v) is 14.9. The molecule has 0 aromatic heterocycles. The van der Waals surface area contributed by atoms with Crippen molar-refractivity contribution in [3.05, 3.63) is 69.4 Å². The van der Waals surface area contributed by atoms with E-state index in [0.29, 0.717) is 5.75 Å². The first kappa shape index (κ1) is 21.4. The molecular weight excluding hydrogens is 409 g/mol. The van der Waals surface area contributed by atoms with Crippen LogP contribution in [0.1, 0.15) is 11.1 Å². The van der Waals surface area contributed by atoms with Crippen molar-refractivity contribution in [1.29, 1.82) is 0 Å². The van der Waals surface area contributed by atoms with E-state index in [4.69, 9.17) is 10.5 Å². The molecule has 1 amide bonds. The Hall–Kier alpha value is -2.95. The first-order valence-corrected chi connectivity index (χ1v) is 9.03. The lowest BCUT2D eigenvalue weighted by Crippen LogP contribution is -2.22. The third kappa shape index (κ3) is 4.14. The predicted molar refractivity (Wildman–Crippen MR) is 89.0 cm³/mol. The first-order valence-electron chi connectivity index (χ1n) is 7.38. The van der Waals surface area contributed by atoms with Gasteiger partial charge in [0.25, 0.3) is 5.91 Å². The summed E-state index contributed by atoms with van der Waals surface area (Å²) in [6.07, 6.45) is 0.0253. The molecule has 0 fully saturated rings. The number of hydrogen-bond acceptors (Lipinski definition) is 4. The summed E-state index contributed by atoms with van der Waals surface area (Å²) < 4.78 is 97.1. The Morgan fingerprint density at radius 2 is 1.43 bits per heavy atom. The standard InChI is InChI=1S/C17H12F5NO4S/c1-27-9-4-2-8(3-5-9)7-28(25,26)11(17(23)24)6-10-12(18)14(20)16(22)15(21)13(10)19/h2-6H,7H2,1H3,(H2,23,24)/b11-6-. The number of halogens is 5. The minimum absolute atomic E-state index is 0.0253. The fourth-order valence-corrected chi connectivity index (χ4v) is 3.60. The van der Waals surface area contributed by atoms with Crippen molar-refractivity contribution in [2.75, 3.05) is 7.11 Å². The molecule has 150 valence electrons. The van der Waals surface area contributed by atoms with Crippen molar-refractivity contribution in [3.63, 3.8) is 0 Å². The van der Waals surface area contributed by atoms with Crippen molar-refractivity contribution < 1.29 is 39.9 Å². The van der Waals surface area contributed by atoms with Crippen molar-refractivity contribution in [2.24, 2.45) is 5.73 Å².